The van der Waals surface area contributed by atoms with Crippen LogP contribution < -0.4 is 5.46 Å². The van der Waals surface area contributed by atoms with Crippen molar-refractivity contribution in [3.63, 3.8) is 0 Å². The van der Waals surface area contributed by atoms with Crippen molar-refractivity contribution < 1.29 is 14.8 Å². The molecule has 0 atom stereocenters. The number of halogens is 2. The van der Waals surface area contributed by atoms with Gasteiger partial charge >= 0.3 is 7.12 Å². The molecule has 1 heterocycles. The summed E-state index contributed by atoms with van der Waals surface area (Å²) in [5.41, 5.74) is -1.84. The number of hydrogen-bond donors (Lipinski definition) is 2. The summed E-state index contributed by atoms with van der Waals surface area (Å²) in [4.78, 5) is 3.82. The smallest absolute Gasteiger partial charge is 0.423 e. The van der Waals surface area contributed by atoms with Gasteiger partial charge < -0.3 is 14.8 Å². The summed E-state index contributed by atoms with van der Waals surface area (Å²) in [6.07, 6.45) is 1.38. The van der Waals surface area contributed by atoms with Crippen molar-refractivity contribution in [2.24, 2.45) is 0 Å². The Bertz CT molecular complexity index is 435. The highest BCUT2D eigenvalue weighted by Gasteiger charge is 2.40. The van der Waals surface area contributed by atoms with Gasteiger partial charge in [-0.25, -0.2) is 4.98 Å². The zero-order valence-corrected chi connectivity index (χ0v) is 12.2. The maximum absolute atomic E-state index is 10.0. The van der Waals surface area contributed by atoms with Gasteiger partial charge in [0.1, 0.15) is 5.15 Å². The number of rotatable bonds is 4. The molecule has 7 heteroatoms. The molecule has 0 aliphatic rings. The second-order valence-corrected chi connectivity index (χ2v) is 5.87. The molecule has 0 amide bonds. The number of aliphatic hydroxyl groups is 1. The molecule has 0 fully saturated rings. The van der Waals surface area contributed by atoms with E-state index in [1.165, 1.54) is 12.3 Å². The lowest BCUT2D eigenvalue weighted by Gasteiger charge is -2.38. The number of pyridine rings is 1. The fourth-order valence-electron chi connectivity index (χ4n) is 1.10. The molecule has 0 saturated carbocycles. The van der Waals surface area contributed by atoms with Gasteiger partial charge in [-0.3, -0.25) is 0 Å². The third kappa shape index (κ3) is 3.59. The van der Waals surface area contributed by atoms with E-state index in [0.29, 0.717) is 5.02 Å². The molecule has 0 spiro atoms. The number of aromatic nitrogens is 1. The summed E-state index contributed by atoms with van der Waals surface area (Å²) < 4.78 is 5.45. The van der Waals surface area contributed by atoms with E-state index in [4.69, 9.17) is 27.9 Å². The largest absolute Gasteiger partial charge is 0.494 e. The molecule has 1 aromatic rings. The van der Waals surface area contributed by atoms with Crippen molar-refractivity contribution >= 4 is 35.8 Å². The zero-order valence-electron chi connectivity index (χ0n) is 10.7. The molecule has 0 aliphatic heterocycles. The minimum atomic E-state index is -1.31. The van der Waals surface area contributed by atoms with Crippen LogP contribution in [0.25, 0.3) is 0 Å². The van der Waals surface area contributed by atoms with Crippen LogP contribution in [0.2, 0.25) is 10.2 Å². The lowest BCUT2D eigenvalue weighted by Crippen LogP contribution is -2.53. The van der Waals surface area contributed by atoms with E-state index >= 15 is 0 Å². The summed E-state index contributed by atoms with van der Waals surface area (Å²) >= 11 is 11.6. The van der Waals surface area contributed by atoms with Gasteiger partial charge in [0, 0.05) is 11.7 Å². The van der Waals surface area contributed by atoms with E-state index in [0.717, 1.165) is 0 Å². The summed E-state index contributed by atoms with van der Waals surface area (Å²) in [5.74, 6) is 0. The van der Waals surface area contributed by atoms with Crippen molar-refractivity contribution in [1.29, 1.82) is 0 Å². The van der Waals surface area contributed by atoms with Gasteiger partial charge in [-0.05, 0) is 33.8 Å². The molecule has 0 unspecified atom stereocenters. The van der Waals surface area contributed by atoms with Crippen LogP contribution in [-0.4, -0.2) is 33.4 Å². The quantitative estimate of drug-likeness (QED) is 0.654. The van der Waals surface area contributed by atoms with Gasteiger partial charge in [0.25, 0.3) is 0 Å². The number of nitrogens with zero attached hydrogens (tertiary/aromatic N) is 1. The van der Waals surface area contributed by atoms with Crippen LogP contribution in [0, 0.1) is 0 Å². The van der Waals surface area contributed by atoms with Gasteiger partial charge in [-0.15, -0.1) is 0 Å². The molecule has 100 valence electrons. The van der Waals surface area contributed by atoms with E-state index in [1.54, 1.807) is 27.7 Å². The fourth-order valence-corrected chi connectivity index (χ4v) is 1.46. The first-order valence-electron chi connectivity index (χ1n) is 5.44. The van der Waals surface area contributed by atoms with E-state index in [9.17, 15) is 10.1 Å². The summed E-state index contributed by atoms with van der Waals surface area (Å²) in [5, 5.41) is 20.4. The Balaban J connectivity index is 2.95. The van der Waals surface area contributed by atoms with Crippen molar-refractivity contribution in [1.82, 2.24) is 4.98 Å². The molecule has 1 aromatic heterocycles. The molecular formula is C11H16BCl2NO3. The standard InChI is InChI=1S/C11H16BCl2NO3/c1-10(2,16)11(3,4)18-12(17)8-5-7(13)6-15-9(8)14/h5-6,16-17H,1-4H3. The highest BCUT2D eigenvalue weighted by molar-refractivity contribution is 6.64. The normalized spacial score (nSPS) is 12.7. The maximum Gasteiger partial charge on any atom is 0.494 e. The average molecular weight is 292 g/mol. The van der Waals surface area contributed by atoms with Gasteiger partial charge in [0.05, 0.1) is 16.2 Å². The van der Waals surface area contributed by atoms with Crippen LogP contribution in [0.1, 0.15) is 27.7 Å². The molecule has 0 aromatic carbocycles. The van der Waals surface area contributed by atoms with Crippen molar-refractivity contribution in [2.45, 2.75) is 38.9 Å². The number of hydrogen-bond acceptors (Lipinski definition) is 4. The molecule has 4 nitrogen and oxygen atoms in total. The maximum atomic E-state index is 10.0. The molecule has 2 N–H and O–H groups in total. The predicted molar refractivity (Wildman–Crippen MR) is 73.3 cm³/mol. The molecule has 18 heavy (non-hydrogen) atoms. The first-order valence-corrected chi connectivity index (χ1v) is 6.19. The minimum absolute atomic E-state index is 0.110. The summed E-state index contributed by atoms with van der Waals surface area (Å²) in [6, 6.07) is 1.47. The highest BCUT2D eigenvalue weighted by Crippen LogP contribution is 2.25. The second kappa shape index (κ2) is 5.35. The Morgan fingerprint density at radius 2 is 1.83 bits per heavy atom. The summed E-state index contributed by atoms with van der Waals surface area (Å²) in [6.45, 7) is 6.53. The molecule has 1 rings (SSSR count). The monoisotopic (exact) mass is 291 g/mol. The van der Waals surface area contributed by atoms with E-state index in [1.807, 2.05) is 0 Å². The minimum Gasteiger partial charge on any atom is -0.423 e. The SMILES string of the molecule is CC(C)(O)C(C)(C)OB(O)c1cc(Cl)cnc1Cl. The molecule has 0 bridgehead atoms. The Labute approximate surface area is 117 Å². The van der Waals surface area contributed by atoms with E-state index in [2.05, 4.69) is 4.98 Å². The van der Waals surface area contributed by atoms with Gasteiger partial charge in [-0.1, -0.05) is 23.2 Å². The highest BCUT2D eigenvalue weighted by atomic mass is 35.5. The van der Waals surface area contributed by atoms with Crippen molar-refractivity contribution in [3.05, 3.63) is 22.4 Å². The van der Waals surface area contributed by atoms with Gasteiger partial charge in [-0.2, -0.15) is 0 Å². The van der Waals surface area contributed by atoms with Crippen LogP contribution in [-0.2, 0) is 4.65 Å². The van der Waals surface area contributed by atoms with E-state index < -0.39 is 18.3 Å². The lowest BCUT2D eigenvalue weighted by atomic mass is 9.77. The third-order valence-corrected chi connectivity index (χ3v) is 3.50. The average Bonchev–Trinajstić information content (AvgIpc) is 2.19. The Kier molecular flexibility index (Phi) is 4.68. The van der Waals surface area contributed by atoms with Gasteiger partial charge in [0.15, 0.2) is 0 Å². The van der Waals surface area contributed by atoms with Crippen molar-refractivity contribution in [2.75, 3.05) is 0 Å². The molecule has 0 radical (unpaired) electrons. The molecular weight excluding hydrogens is 276 g/mol. The lowest BCUT2D eigenvalue weighted by molar-refractivity contribution is -0.0982. The van der Waals surface area contributed by atoms with Gasteiger partial charge in [0.2, 0.25) is 0 Å². The fraction of sp³-hybridized carbons (Fsp3) is 0.545. The zero-order chi connectivity index (χ0) is 14.1. The van der Waals surface area contributed by atoms with Crippen molar-refractivity contribution in [3.8, 4) is 0 Å². The van der Waals surface area contributed by atoms with Crippen LogP contribution >= 0.6 is 23.2 Å². The Hall–Kier alpha value is -0.325. The van der Waals surface area contributed by atoms with Crippen LogP contribution in [0.15, 0.2) is 12.3 Å². The first kappa shape index (κ1) is 15.7. The topological polar surface area (TPSA) is 62.6 Å². The molecule has 0 saturated heterocycles. The Morgan fingerprint density at radius 3 is 2.33 bits per heavy atom. The second-order valence-electron chi connectivity index (χ2n) is 5.07. The molecule has 0 aliphatic carbocycles. The van der Waals surface area contributed by atoms with Crippen LogP contribution in [0.3, 0.4) is 0 Å². The third-order valence-electron chi connectivity index (χ3n) is 2.98. The van der Waals surface area contributed by atoms with E-state index in [-0.39, 0.29) is 10.6 Å². The Morgan fingerprint density at radius 1 is 1.28 bits per heavy atom. The summed E-state index contributed by atoms with van der Waals surface area (Å²) in [7, 11) is -1.31. The predicted octanol–water partition coefficient (Wildman–Crippen LogP) is 1.64. The van der Waals surface area contributed by atoms with Crippen LogP contribution in [0.4, 0.5) is 0 Å². The first-order chi connectivity index (χ1) is 8.04. The van der Waals surface area contributed by atoms with Crippen LogP contribution in [0.5, 0.6) is 0 Å².